The van der Waals surface area contributed by atoms with Gasteiger partial charge in [-0.3, -0.25) is 14.5 Å². The number of aryl methyl sites for hydroxylation is 1. The van der Waals surface area contributed by atoms with E-state index in [0.29, 0.717) is 10.6 Å². The van der Waals surface area contributed by atoms with Gasteiger partial charge in [-0.15, -0.1) is 11.3 Å². The molecule has 4 rings (SSSR count). The van der Waals surface area contributed by atoms with Crippen LogP contribution >= 0.6 is 11.3 Å². The molecule has 0 radical (unpaired) electrons. The Kier molecular flexibility index (Phi) is 4.84. The standard InChI is InChI=1S/C23H19NO3S/c1-2-15-10-12-17(13-11-15)24-20(16-7-4-3-5-8-16)19(22(26)23(24)27)21(25)18-9-6-14-28-18/h3-14,20,26H,2H2,1H3. The third-order valence-corrected chi connectivity index (χ3v) is 5.80. The second-order valence-corrected chi connectivity index (χ2v) is 7.52. The van der Waals surface area contributed by atoms with Crippen molar-refractivity contribution in [1.82, 2.24) is 0 Å². The summed E-state index contributed by atoms with van der Waals surface area (Å²) in [6.45, 7) is 2.06. The van der Waals surface area contributed by atoms with E-state index < -0.39 is 17.7 Å². The number of carbonyl (C=O) groups is 2. The molecule has 1 aliphatic heterocycles. The number of benzene rings is 2. The van der Waals surface area contributed by atoms with Crippen molar-refractivity contribution in [1.29, 1.82) is 0 Å². The first-order valence-corrected chi connectivity index (χ1v) is 9.98. The van der Waals surface area contributed by atoms with Gasteiger partial charge in [0.15, 0.2) is 5.76 Å². The summed E-state index contributed by atoms with van der Waals surface area (Å²) in [6, 6.07) is 19.8. The van der Waals surface area contributed by atoms with Crippen LogP contribution in [-0.4, -0.2) is 16.8 Å². The summed E-state index contributed by atoms with van der Waals surface area (Å²) >= 11 is 1.30. The van der Waals surface area contributed by atoms with Crippen LogP contribution in [0.1, 0.15) is 33.8 Å². The topological polar surface area (TPSA) is 57.6 Å². The Morgan fingerprint density at radius 3 is 2.36 bits per heavy atom. The maximum absolute atomic E-state index is 13.1. The van der Waals surface area contributed by atoms with Gasteiger partial charge in [0.05, 0.1) is 16.5 Å². The first-order chi connectivity index (χ1) is 13.6. The number of anilines is 1. The van der Waals surface area contributed by atoms with Crippen LogP contribution in [0.3, 0.4) is 0 Å². The first-order valence-electron chi connectivity index (χ1n) is 9.10. The average Bonchev–Trinajstić information content (AvgIpc) is 3.36. The fraction of sp³-hybridized carbons (Fsp3) is 0.130. The van der Waals surface area contributed by atoms with Crippen molar-refractivity contribution >= 4 is 28.7 Å². The lowest BCUT2D eigenvalue weighted by atomic mass is 9.95. The molecular formula is C23H19NO3S. The molecular weight excluding hydrogens is 370 g/mol. The highest BCUT2D eigenvalue weighted by Gasteiger charge is 2.44. The van der Waals surface area contributed by atoms with E-state index in [1.807, 2.05) is 54.6 Å². The van der Waals surface area contributed by atoms with E-state index in [0.717, 1.165) is 17.5 Å². The minimum atomic E-state index is -0.671. The Balaban J connectivity index is 1.85. The molecule has 1 unspecified atom stereocenters. The first kappa shape index (κ1) is 18.2. The Morgan fingerprint density at radius 2 is 1.75 bits per heavy atom. The third kappa shape index (κ3) is 3.04. The number of amides is 1. The number of hydrogen-bond donors (Lipinski definition) is 1. The number of nitrogens with zero attached hydrogens (tertiary/aromatic N) is 1. The molecule has 5 heteroatoms. The minimum absolute atomic E-state index is 0.123. The lowest BCUT2D eigenvalue weighted by molar-refractivity contribution is -0.117. The number of ketones is 1. The maximum Gasteiger partial charge on any atom is 0.294 e. The second-order valence-electron chi connectivity index (χ2n) is 6.58. The molecule has 0 saturated heterocycles. The van der Waals surface area contributed by atoms with E-state index in [1.54, 1.807) is 17.5 Å². The highest BCUT2D eigenvalue weighted by molar-refractivity contribution is 7.12. The van der Waals surface area contributed by atoms with Gasteiger partial charge >= 0.3 is 0 Å². The summed E-state index contributed by atoms with van der Waals surface area (Å²) in [4.78, 5) is 28.1. The molecule has 2 heterocycles. The van der Waals surface area contributed by atoms with E-state index in [-0.39, 0.29) is 11.4 Å². The quantitative estimate of drug-likeness (QED) is 0.618. The Labute approximate surface area is 167 Å². The summed E-state index contributed by atoms with van der Waals surface area (Å²) in [5, 5.41) is 12.5. The minimum Gasteiger partial charge on any atom is -0.503 e. The third-order valence-electron chi connectivity index (χ3n) is 4.94. The number of Topliss-reactive ketones (excluding diaryl/α,β-unsaturated/α-hetero) is 1. The molecule has 0 saturated carbocycles. The summed E-state index contributed by atoms with van der Waals surface area (Å²) in [7, 11) is 0. The van der Waals surface area contributed by atoms with Crippen molar-refractivity contribution in [2.45, 2.75) is 19.4 Å². The molecule has 1 aromatic heterocycles. The van der Waals surface area contributed by atoms with Crippen LogP contribution in [0.2, 0.25) is 0 Å². The van der Waals surface area contributed by atoms with Crippen LogP contribution in [0.15, 0.2) is 83.4 Å². The van der Waals surface area contributed by atoms with Gasteiger partial charge in [0.25, 0.3) is 5.91 Å². The van der Waals surface area contributed by atoms with Crippen molar-refractivity contribution in [2.75, 3.05) is 4.90 Å². The molecule has 140 valence electrons. The summed E-state index contributed by atoms with van der Waals surface area (Å²) in [5.41, 5.74) is 2.70. The van der Waals surface area contributed by atoms with Gasteiger partial charge in [-0.2, -0.15) is 0 Å². The molecule has 0 spiro atoms. The molecule has 1 atom stereocenters. The summed E-state index contributed by atoms with van der Waals surface area (Å²) in [5.74, 6) is -1.35. The fourth-order valence-corrected chi connectivity index (χ4v) is 4.16. The predicted octanol–water partition coefficient (Wildman–Crippen LogP) is 5.09. The lowest BCUT2D eigenvalue weighted by Crippen LogP contribution is -2.31. The van der Waals surface area contributed by atoms with Crippen molar-refractivity contribution < 1.29 is 14.7 Å². The Hall–Kier alpha value is -3.18. The summed E-state index contributed by atoms with van der Waals surface area (Å²) in [6.07, 6.45) is 0.891. The summed E-state index contributed by atoms with van der Waals surface area (Å²) < 4.78 is 0. The average molecular weight is 389 g/mol. The van der Waals surface area contributed by atoms with Gasteiger partial charge in [-0.25, -0.2) is 0 Å². The van der Waals surface area contributed by atoms with Crippen LogP contribution in [0.5, 0.6) is 0 Å². The second kappa shape index (κ2) is 7.44. The highest BCUT2D eigenvalue weighted by atomic mass is 32.1. The van der Waals surface area contributed by atoms with Crippen LogP contribution in [0, 0.1) is 0 Å². The molecule has 1 aliphatic rings. The number of hydrogen-bond acceptors (Lipinski definition) is 4. The lowest BCUT2D eigenvalue weighted by Gasteiger charge is -2.27. The molecule has 0 aliphatic carbocycles. The van der Waals surface area contributed by atoms with E-state index in [1.165, 1.54) is 16.2 Å². The largest absolute Gasteiger partial charge is 0.503 e. The number of aliphatic hydroxyl groups is 1. The van der Waals surface area contributed by atoms with E-state index >= 15 is 0 Å². The van der Waals surface area contributed by atoms with Gasteiger partial charge in [0, 0.05) is 5.69 Å². The van der Waals surface area contributed by atoms with E-state index in [9.17, 15) is 14.7 Å². The Morgan fingerprint density at radius 1 is 1.04 bits per heavy atom. The molecule has 1 amide bonds. The molecule has 1 N–H and O–H groups in total. The zero-order valence-corrected chi connectivity index (χ0v) is 16.1. The van der Waals surface area contributed by atoms with Gasteiger partial charge in [0.2, 0.25) is 5.78 Å². The van der Waals surface area contributed by atoms with Gasteiger partial charge < -0.3 is 5.11 Å². The zero-order chi connectivity index (χ0) is 19.7. The molecule has 28 heavy (non-hydrogen) atoms. The number of rotatable bonds is 5. The monoisotopic (exact) mass is 389 g/mol. The van der Waals surface area contributed by atoms with Gasteiger partial charge in [0.1, 0.15) is 0 Å². The smallest absolute Gasteiger partial charge is 0.294 e. The van der Waals surface area contributed by atoms with Gasteiger partial charge in [-0.1, -0.05) is 55.5 Å². The van der Waals surface area contributed by atoms with Gasteiger partial charge in [-0.05, 0) is 41.1 Å². The van der Waals surface area contributed by atoms with E-state index in [2.05, 4.69) is 6.92 Å². The number of thiophene rings is 1. The molecule has 0 bridgehead atoms. The number of aliphatic hydroxyl groups excluding tert-OH is 1. The molecule has 2 aromatic carbocycles. The van der Waals surface area contributed by atoms with Crippen LogP contribution < -0.4 is 4.90 Å². The molecule has 4 nitrogen and oxygen atoms in total. The molecule has 0 fully saturated rings. The van der Waals surface area contributed by atoms with Crippen LogP contribution in [0.4, 0.5) is 5.69 Å². The predicted molar refractivity (Wildman–Crippen MR) is 111 cm³/mol. The van der Waals surface area contributed by atoms with Crippen LogP contribution in [0.25, 0.3) is 0 Å². The normalized spacial score (nSPS) is 16.7. The fourth-order valence-electron chi connectivity index (χ4n) is 3.49. The highest BCUT2D eigenvalue weighted by Crippen LogP contribution is 2.42. The van der Waals surface area contributed by atoms with Crippen molar-refractivity contribution in [3.8, 4) is 0 Å². The van der Waals surface area contributed by atoms with Crippen molar-refractivity contribution in [2.24, 2.45) is 0 Å². The van der Waals surface area contributed by atoms with Crippen molar-refractivity contribution in [3.63, 3.8) is 0 Å². The van der Waals surface area contributed by atoms with Crippen molar-refractivity contribution in [3.05, 3.63) is 99.4 Å². The SMILES string of the molecule is CCc1ccc(N2C(=O)C(O)=C(C(=O)c3cccs3)C2c2ccccc2)cc1. The maximum atomic E-state index is 13.1. The number of carbonyl (C=O) groups excluding carboxylic acids is 2. The molecule has 3 aromatic rings. The zero-order valence-electron chi connectivity index (χ0n) is 15.3. The Bertz CT molecular complexity index is 1040. The van der Waals surface area contributed by atoms with E-state index in [4.69, 9.17) is 0 Å². The van der Waals surface area contributed by atoms with Crippen LogP contribution in [-0.2, 0) is 11.2 Å².